The van der Waals surface area contributed by atoms with Crippen LogP contribution in [0.4, 0.5) is 0 Å². The lowest BCUT2D eigenvalue weighted by Gasteiger charge is -2.18. The smallest absolute Gasteiger partial charge is 0.138 e. The fourth-order valence-electron chi connectivity index (χ4n) is 2.48. The van der Waals surface area contributed by atoms with Gasteiger partial charge >= 0.3 is 0 Å². The Labute approximate surface area is 135 Å². The van der Waals surface area contributed by atoms with Crippen molar-refractivity contribution in [1.82, 2.24) is 20.1 Å². The van der Waals surface area contributed by atoms with Gasteiger partial charge < -0.3 is 5.32 Å². The predicted molar refractivity (Wildman–Crippen MR) is 89.4 cm³/mol. The van der Waals surface area contributed by atoms with Crippen molar-refractivity contribution in [1.29, 1.82) is 0 Å². The zero-order valence-corrected chi connectivity index (χ0v) is 14.5. The van der Waals surface area contributed by atoms with E-state index in [4.69, 9.17) is 0 Å². The van der Waals surface area contributed by atoms with Gasteiger partial charge in [0.1, 0.15) is 12.2 Å². The van der Waals surface area contributed by atoms with Gasteiger partial charge in [-0.15, -0.1) is 0 Å². The zero-order valence-electron chi connectivity index (χ0n) is 12.9. The second-order valence-corrected chi connectivity index (χ2v) is 6.68. The summed E-state index contributed by atoms with van der Waals surface area (Å²) in [4.78, 5) is 4.45. The van der Waals surface area contributed by atoms with Crippen molar-refractivity contribution in [3.63, 3.8) is 0 Å². The number of nitrogens with one attached hydrogen (secondary N) is 1. The van der Waals surface area contributed by atoms with E-state index in [9.17, 15) is 0 Å². The van der Waals surface area contributed by atoms with Gasteiger partial charge in [-0.05, 0) is 30.7 Å². The van der Waals surface area contributed by atoms with Crippen LogP contribution in [0.25, 0.3) is 0 Å². The van der Waals surface area contributed by atoms with Crippen molar-refractivity contribution >= 4 is 15.9 Å². The van der Waals surface area contributed by atoms with Crippen LogP contribution >= 0.6 is 15.9 Å². The van der Waals surface area contributed by atoms with Crippen LogP contribution < -0.4 is 5.32 Å². The van der Waals surface area contributed by atoms with E-state index in [1.165, 1.54) is 5.56 Å². The first kappa shape index (κ1) is 16.2. The van der Waals surface area contributed by atoms with Crippen molar-refractivity contribution in [2.24, 2.45) is 5.92 Å². The van der Waals surface area contributed by atoms with E-state index in [-0.39, 0.29) is 0 Å². The first-order valence-electron chi connectivity index (χ1n) is 7.37. The van der Waals surface area contributed by atoms with Gasteiger partial charge in [0.15, 0.2) is 0 Å². The van der Waals surface area contributed by atoms with Crippen LogP contribution in [0.1, 0.15) is 31.2 Å². The predicted octanol–water partition coefficient (Wildman–Crippen LogP) is 3.24. The Kier molecular flexibility index (Phi) is 5.94. The third kappa shape index (κ3) is 4.64. The molecule has 0 aliphatic heterocycles. The van der Waals surface area contributed by atoms with Gasteiger partial charge in [-0.1, -0.05) is 41.9 Å². The summed E-state index contributed by atoms with van der Waals surface area (Å²) in [7, 11) is 1.99. The number of likely N-dealkylation sites (N-methyl/N-ethyl adjacent to an activating group) is 1. The molecule has 1 aromatic carbocycles. The Bertz CT molecular complexity index is 565. The number of benzene rings is 1. The first-order chi connectivity index (χ1) is 10.1. The van der Waals surface area contributed by atoms with Crippen molar-refractivity contribution in [2.75, 3.05) is 13.6 Å². The van der Waals surface area contributed by atoms with Crippen molar-refractivity contribution in [3.8, 4) is 0 Å². The average molecular weight is 351 g/mol. The van der Waals surface area contributed by atoms with Crippen LogP contribution in [0.3, 0.4) is 0 Å². The minimum absolute atomic E-state index is 0.391. The van der Waals surface area contributed by atoms with E-state index in [0.717, 1.165) is 29.8 Å². The van der Waals surface area contributed by atoms with Crippen LogP contribution in [0.15, 0.2) is 35.1 Å². The molecule has 0 radical (unpaired) electrons. The molecule has 0 spiro atoms. The SMILES string of the molecule is CNCC(Cc1ncnn1CC(C)C)c1cccc(Br)c1. The molecule has 0 bridgehead atoms. The van der Waals surface area contributed by atoms with Crippen molar-refractivity contribution in [3.05, 3.63) is 46.5 Å². The summed E-state index contributed by atoms with van der Waals surface area (Å²) in [5, 5.41) is 7.64. The third-order valence-corrected chi connectivity index (χ3v) is 3.93. The summed E-state index contributed by atoms with van der Waals surface area (Å²) in [6, 6.07) is 8.50. The molecule has 21 heavy (non-hydrogen) atoms. The molecule has 0 fully saturated rings. The zero-order chi connectivity index (χ0) is 15.2. The summed E-state index contributed by atoms with van der Waals surface area (Å²) in [5.74, 6) is 2.02. The Balaban J connectivity index is 2.18. The Morgan fingerprint density at radius 1 is 1.33 bits per heavy atom. The van der Waals surface area contributed by atoms with Crippen LogP contribution in [0.5, 0.6) is 0 Å². The molecule has 2 rings (SSSR count). The number of hydrogen-bond donors (Lipinski definition) is 1. The molecule has 0 aliphatic carbocycles. The van der Waals surface area contributed by atoms with Gasteiger partial charge in [-0.25, -0.2) is 9.67 Å². The highest BCUT2D eigenvalue weighted by Gasteiger charge is 2.16. The Morgan fingerprint density at radius 3 is 2.81 bits per heavy atom. The molecular formula is C16H23BrN4. The maximum atomic E-state index is 4.45. The van der Waals surface area contributed by atoms with E-state index in [1.54, 1.807) is 6.33 Å². The van der Waals surface area contributed by atoms with Gasteiger partial charge in [0.25, 0.3) is 0 Å². The normalized spacial score (nSPS) is 12.8. The maximum Gasteiger partial charge on any atom is 0.138 e. The summed E-state index contributed by atoms with van der Waals surface area (Å²) in [5.41, 5.74) is 1.32. The highest BCUT2D eigenvalue weighted by atomic mass is 79.9. The summed E-state index contributed by atoms with van der Waals surface area (Å²) < 4.78 is 3.15. The van der Waals surface area contributed by atoms with Crippen LogP contribution in [0, 0.1) is 5.92 Å². The van der Waals surface area contributed by atoms with Crippen LogP contribution in [-0.2, 0) is 13.0 Å². The van der Waals surface area contributed by atoms with E-state index < -0.39 is 0 Å². The monoisotopic (exact) mass is 350 g/mol. The topological polar surface area (TPSA) is 42.7 Å². The quantitative estimate of drug-likeness (QED) is 0.833. The number of nitrogens with zero attached hydrogens (tertiary/aromatic N) is 3. The first-order valence-corrected chi connectivity index (χ1v) is 8.16. The molecule has 0 saturated heterocycles. The molecule has 1 heterocycles. The summed E-state index contributed by atoms with van der Waals surface area (Å²) >= 11 is 3.55. The Hall–Kier alpha value is -1.20. The molecule has 114 valence electrons. The molecule has 0 aliphatic rings. The maximum absolute atomic E-state index is 4.45. The van der Waals surface area contributed by atoms with Gasteiger partial charge in [0, 0.05) is 29.9 Å². The van der Waals surface area contributed by atoms with E-state index in [2.05, 4.69) is 69.4 Å². The number of aromatic nitrogens is 3. The third-order valence-electron chi connectivity index (χ3n) is 3.43. The number of rotatable bonds is 7. The molecule has 1 atom stereocenters. The van der Waals surface area contributed by atoms with Crippen molar-refractivity contribution in [2.45, 2.75) is 32.7 Å². The summed E-state index contributed by atoms with van der Waals surface area (Å²) in [6.07, 6.45) is 2.55. The van der Waals surface area contributed by atoms with Gasteiger partial charge in [-0.2, -0.15) is 5.10 Å². The highest BCUT2D eigenvalue weighted by Crippen LogP contribution is 2.23. The number of halogens is 1. The fraction of sp³-hybridized carbons (Fsp3) is 0.500. The molecular weight excluding hydrogens is 328 g/mol. The van der Waals surface area contributed by atoms with Gasteiger partial charge in [-0.3, -0.25) is 0 Å². The average Bonchev–Trinajstić information content (AvgIpc) is 2.85. The van der Waals surface area contributed by atoms with Gasteiger partial charge in [0.2, 0.25) is 0 Å². The lowest BCUT2D eigenvalue weighted by atomic mass is 9.95. The fourth-order valence-corrected chi connectivity index (χ4v) is 2.90. The molecule has 1 N–H and O–H groups in total. The molecule has 0 amide bonds. The standard InChI is InChI=1S/C16H23BrN4/c1-12(2)10-21-16(19-11-20-21)8-14(9-18-3)13-5-4-6-15(17)7-13/h4-7,11-12,14,18H,8-10H2,1-3H3. The largest absolute Gasteiger partial charge is 0.319 e. The second kappa shape index (κ2) is 7.71. The second-order valence-electron chi connectivity index (χ2n) is 5.77. The Morgan fingerprint density at radius 2 is 2.14 bits per heavy atom. The van der Waals surface area contributed by atoms with Crippen LogP contribution in [0.2, 0.25) is 0 Å². The molecule has 2 aromatic rings. The van der Waals surface area contributed by atoms with E-state index >= 15 is 0 Å². The van der Waals surface area contributed by atoms with Crippen molar-refractivity contribution < 1.29 is 0 Å². The summed E-state index contributed by atoms with van der Waals surface area (Å²) in [6.45, 7) is 6.24. The van der Waals surface area contributed by atoms with E-state index in [1.807, 2.05) is 11.7 Å². The lowest BCUT2D eigenvalue weighted by Crippen LogP contribution is -2.21. The molecule has 1 unspecified atom stereocenters. The molecule has 0 saturated carbocycles. The highest BCUT2D eigenvalue weighted by molar-refractivity contribution is 9.10. The number of hydrogen-bond acceptors (Lipinski definition) is 3. The van der Waals surface area contributed by atoms with Gasteiger partial charge in [0.05, 0.1) is 0 Å². The molecule has 1 aromatic heterocycles. The van der Waals surface area contributed by atoms with Crippen LogP contribution in [-0.4, -0.2) is 28.4 Å². The molecule has 5 heteroatoms. The lowest BCUT2D eigenvalue weighted by molar-refractivity contribution is 0.456. The minimum Gasteiger partial charge on any atom is -0.319 e. The molecule has 4 nitrogen and oxygen atoms in total. The minimum atomic E-state index is 0.391. The van der Waals surface area contributed by atoms with E-state index in [0.29, 0.717) is 11.8 Å².